The van der Waals surface area contributed by atoms with Gasteiger partial charge in [-0.15, -0.1) is 0 Å². The second-order valence-electron chi connectivity index (χ2n) is 4.12. The third-order valence-corrected chi connectivity index (χ3v) is 3.30. The molecular weight excluding hydrogens is 266 g/mol. The number of hydrogen-bond acceptors (Lipinski definition) is 4. The van der Waals surface area contributed by atoms with Gasteiger partial charge < -0.3 is 4.72 Å². The van der Waals surface area contributed by atoms with E-state index in [1.165, 1.54) is 0 Å². The fourth-order valence-corrected chi connectivity index (χ4v) is 2.23. The Morgan fingerprint density at radius 3 is 1.45 bits per heavy atom. The molecule has 98 valence electrons. The molecule has 0 spiro atoms. The van der Waals surface area contributed by atoms with E-state index in [2.05, 4.69) is 14.7 Å². The molecule has 1 aromatic heterocycles. The zero-order chi connectivity index (χ0) is 13.6. The Hall–Kier alpha value is -2.33. The van der Waals surface area contributed by atoms with Gasteiger partial charge in [-0.05, 0) is 47.7 Å². The molecule has 0 unspecified atom stereocenters. The van der Waals surface area contributed by atoms with Gasteiger partial charge in [-0.2, -0.15) is 0 Å². The number of fused-ring (bicyclic) bond motifs is 2. The summed E-state index contributed by atoms with van der Waals surface area (Å²) in [4.78, 5) is 9.03. The Balaban J connectivity index is 0.000000170. The molecule has 1 N–H and O–H groups in total. The van der Waals surface area contributed by atoms with Crippen LogP contribution < -0.4 is 4.72 Å². The van der Waals surface area contributed by atoms with Crippen LogP contribution in [-0.2, 0) is 0 Å². The summed E-state index contributed by atoms with van der Waals surface area (Å²) in [5.74, 6) is 0. The van der Waals surface area contributed by atoms with Crippen molar-refractivity contribution >= 4 is 34.0 Å². The van der Waals surface area contributed by atoms with E-state index in [4.69, 9.17) is 0 Å². The molecule has 0 fully saturated rings. The zero-order valence-electron chi connectivity index (χ0n) is 10.7. The number of allylic oxidation sites excluding steroid dienone is 2. The summed E-state index contributed by atoms with van der Waals surface area (Å²) in [6.45, 7) is 0. The van der Waals surface area contributed by atoms with Crippen molar-refractivity contribution < 1.29 is 0 Å². The van der Waals surface area contributed by atoms with E-state index in [1.54, 1.807) is 11.9 Å². The summed E-state index contributed by atoms with van der Waals surface area (Å²) in [5.41, 5.74) is 3.80. The molecular formula is C16H13N3S. The third kappa shape index (κ3) is 2.97. The van der Waals surface area contributed by atoms with Crippen LogP contribution in [0.3, 0.4) is 0 Å². The highest BCUT2D eigenvalue weighted by Gasteiger charge is 1.98. The van der Waals surface area contributed by atoms with E-state index >= 15 is 0 Å². The lowest BCUT2D eigenvalue weighted by atomic mass is 10.2. The summed E-state index contributed by atoms with van der Waals surface area (Å²) in [6.07, 6.45) is 5.84. The number of aromatic nitrogens is 2. The lowest BCUT2D eigenvalue weighted by molar-refractivity contribution is 1.39. The van der Waals surface area contributed by atoms with E-state index in [0.717, 1.165) is 22.1 Å². The highest BCUT2D eigenvalue weighted by molar-refractivity contribution is 8.00. The molecule has 3 aromatic rings. The highest BCUT2D eigenvalue weighted by atomic mass is 32.2. The maximum absolute atomic E-state index is 4.52. The number of hydrogen-bond donors (Lipinski definition) is 1. The largest absolute Gasteiger partial charge is 0.333 e. The molecule has 0 amide bonds. The minimum atomic E-state index is 0.950. The van der Waals surface area contributed by atoms with Crippen molar-refractivity contribution in [3.05, 3.63) is 72.3 Å². The molecule has 4 heteroatoms. The van der Waals surface area contributed by atoms with Crippen LogP contribution in [0, 0.1) is 0 Å². The van der Waals surface area contributed by atoms with E-state index in [1.807, 2.05) is 72.3 Å². The molecule has 2 aromatic carbocycles. The van der Waals surface area contributed by atoms with Crippen molar-refractivity contribution in [1.29, 1.82) is 0 Å². The van der Waals surface area contributed by atoms with Gasteiger partial charge in [0.05, 0.1) is 22.1 Å². The molecule has 0 saturated heterocycles. The second-order valence-corrected chi connectivity index (χ2v) is 4.87. The standard InChI is InChI=1S/C12H8N2.C4H5NS/c1-2-6-10-9(5-1)13-11-7-3-4-8-12(11)14-10;1-2-4-6-5-3-1/h1-8H;1-5H. The predicted octanol–water partition coefficient (Wildman–Crippen LogP) is 4.05. The van der Waals surface area contributed by atoms with E-state index in [-0.39, 0.29) is 0 Å². The number of rotatable bonds is 0. The number of benzene rings is 2. The second kappa shape index (κ2) is 6.21. The van der Waals surface area contributed by atoms with Gasteiger partial charge in [0.15, 0.2) is 0 Å². The van der Waals surface area contributed by atoms with Crippen LogP contribution >= 0.6 is 11.9 Å². The van der Waals surface area contributed by atoms with Crippen molar-refractivity contribution in [2.75, 3.05) is 0 Å². The normalized spacial score (nSPS) is 12.8. The predicted molar refractivity (Wildman–Crippen MR) is 86.1 cm³/mol. The summed E-state index contributed by atoms with van der Waals surface area (Å²) >= 11 is 1.58. The smallest absolute Gasteiger partial charge is 0.0894 e. The average molecular weight is 279 g/mol. The van der Waals surface area contributed by atoms with Crippen LogP contribution in [0.4, 0.5) is 0 Å². The van der Waals surface area contributed by atoms with Crippen LogP contribution in [0.1, 0.15) is 0 Å². The maximum atomic E-state index is 4.52. The molecule has 0 aliphatic carbocycles. The van der Waals surface area contributed by atoms with Crippen molar-refractivity contribution in [2.45, 2.75) is 0 Å². The lowest BCUT2D eigenvalue weighted by Gasteiger charge is -1.98. The number of nitrogens with zero attached hydrogens (tertiary/aromatic N) is 2. The SMILES string of the molecule is C1=CNSC=C1.c1ccc2nc3ccccc3nc2c1. The summed E-state index contributed by atoms with van der Waals surface area (Å²) < 4.78 is 2.93. The molecule has 2 heterocycles. The quantitative estimate of drug-likeness (QED) is 0.497. The number of para-hydroxylation sites is 4. The Morgan fingerprint density at radius 1 is 0.700 bits per heavy atom. The first-order chi connectivity index (χ1) is 9.93. The first-order valence-electron chi connectivity index (χ1n) is 6.28. The minimum absolute atomic E-state index is 0.950. The topological polar surface area (TPSA) is 37.8 Å². The maximum Gasteiger partial charge on any atom is 0.0894 e. The van der Waals surface area contributed by atoms with Crippen LogP contribution in [0.25, 0.3) is 22.1 Å². The van der Waals surface area contributed by atoms with Gasteiger partial charge in [-0.1, -0.05) is 30.3 Å². The minimum Gasteiger partial charge on any atom is -0.333 e. The van der Waals surface area contributed by atoms with Crippen molar-refractivity contribution in [2.24, 2.45) is 0 Å². The first kappa shape index (κ1) is 12.7. The molecule has 1 aliphatic heterocycles. The van der Waals surface area contributed by atoms with Gasteiger partial charge in [-0.3, -0.25) is 0 Å². The summed E-state index contributed by atoms with van der Waals surface area (Å²) in [7, 11) is 0. The van der Waals surface area contributed by atoms with Crippen LogP contribution in [0.2, 0.25) is 0 Å². The molecule has 0 radical (unpaired) electrons. The van der Waals surface area contributed by atoms with Gasteiger partial charge in [0, 0.05) is 6.20 Å². The van der Waals surface area contributed by atoms with E-state index in [0.29, 0.717) is 0 Å². The van der Waals surface area contributed by atoms with Gasteiger partial charge in [0.25, 0.3) is 0 Å². The summed E-state index contributed by atoms with van der Waals surface area (Å²) in [6, 6.07) is 15.8. The Morgan fingerprint density at radius 2 is 1.20 bits per heavy atom. The van der Waals surface area contributed by atoms with E-state index < -0.39 is 0 Å². The molecule has 1 aliphatic rings. The molecule has 20 heavy (non-hydrogen) atoms. The Kier molecular flexibility index (Phi) is 3.94. The fourth-order valence-electron chi connectivity index (χ4n) is 1.82. The molecule has 0 saturated carbocycles. The first-order valence-corrected chi connectivity index (χ1v) is 7.16. The average Bonchev–Trinajstić information content (AvgIpc) is 2.55. The van der Waals surface area contributed by atoms with Gasteiger partial charge in [0.1, 0.15) is 0 Å². The summed E-state index contributed by atoms with van der Waals surface area (Å²) in [5, 5.41) is 1.99. The lowest BCUT2D eigenvalue weighted by Crippen LogP contribution is -1.88. The van der Waals surface area contributed by atoms with E-state index in [9.17, 15) is 0 Å². The van der Waals surface area contributed by atoms with Crippen molar-refractivity contribution in [3.63, 3.8) is 0 Å². The zero-order valence-corrected chi connectivity index (χ0v) is 11.5. The Bertz CT molecular complexity index is 664. The van der Waals surface area contributed by atoms with Crippen LogP contribution in [-0.4, -0.2) is 9.97 Å². The van der Waals surface area contributed by atoms with Crippen molar-refractivity contribution in [3.8, 4) is 0 Å². The fraction of sp³-hybridized carbons (Fsp3) is 0. The molecule has 0 bridgehead atoms. The van der Waals surface area contributed by atoms with Gasteiger partial charge >= 0.3 is 0 Å². The third-order valence-electron chi connectivity index (χ3n) is 2.74. The monoisotopic (exact) mass is 279 g/mol. The van der Waals surface area contributed by atoms with Crippen molar-refractivity contribution in [1.82, 2.24) is 14.7 Å². The highest BCUT2D eigenvalue weighted by Crippen LogP contribution is 2.14. The molecule has 4 rings (SSSR count). The Labute approximate surface area is 121 Å². The molecule has 3 nitrogen and oxygen atoms in total. The molecule has 0 atom stereocenters. The van der Waals surface area contributed by atoms with Gasteiger partial charge in [-0.25, -0.2) is 9.97 Å². The number of nitrogens with one attached hydrogen (secondary N) is 1. The van der Waals surface area contributed by atoms with Gasteiger partial charge in [0.2, 0.25) is 0 Å². The van der Waals surface area contributed by atoms with Crippen LogP contribution in [0.5, 0.6) is 0 Å². The van der Waals surface area contributed by atoms with Crippen LogP contribution in [0.15, 0.2) is 72.3 Å².